The highest BCUT2D eigenvalue weighted by Gasteiger charge is 2.22. The van der Waals surface area contributed by atoms with Gasteiger partial charge < -0.3 is 14.5 Å². The molecule has 0 spiro atoms. The van der Waals surface area contributed by atoms with Crippen LogP contribution in [0.4, 0.5) is 5.69 Å². The molecule has 0 radical (unpaired) electrons. The normalized spacial score (nSPS) is 11.7. The van der Waals surface area contributed by atoms with Gasteiger partial charge in [-0.3, -0.25) is 9.59 Å². The molecule has 0 aliphatic rings. The van der Waals surface area contributed by atoms with Gasteiger partial charge in [0.05, 0.1) is 0 Å². The number of anilines is 1. The van der Waals surface area contributed by atoms with Crippen LogP contribution in [0.1, 0.15) is 46.1 Å². The first-order chi connectivity index (χ1) is 11.3. The van der Waals surface area contributed by atoms with Gasteiger partial charge >= 0.3 is 5.97 Å². The Balaban J connectivity index is 2.02. The van der Waals surface area contributed by atoms with Crippen LogP contribution in [0.3, 0.4) is 0 Å². The largest absolute Gasteiger partial charge is 0.466 e. The highest BCUT2D eigenvalue weighted by molar-refractivity contribution is 5.99. The molecule has 2 rings (SSSR count). The Kier molecular flexibility index (Phi) is 5.18. The first-order valence-corrected chi connectivity index (χ1v) is 7.48. The molecule has 1 heterocycles. The maximum Gasteiger partial charge on any atom is 0.342 e. The molecule has 0 fully saturated rings. The maximum atomic E-state index is 12.2. The van der Waals surface area contributed by atoms with Gasteiger partial charge in [-0.15, -0.1) is 0 Å². The van der Waals surface area contributed by atoms with Crippen molar-refractivity contribution in [2.24, 2.45) is 0 Å². The fraction of sp³-hybridized carbons (Fsp3) is 0.278. The minimum absolute atomic E-state index is 0.101. The lowest BCUT2D eigenvalue weighted by atomic mass is 10.1. The van der Waals surface area contributed by atoms with Crippen LogP contribution in [0.2, 0.25) is 0 Å². The van der Waals surface area contributed by atoms with Crippen LogP contribution in [0.25, 0.3) is 0 Å². The summed E-state index contributed by atoms with van der Waals surface area (Å²) in [5.41, 5.74) is 1.25. The summed E-state index contributed by atoms with van der Waals surface area (Å²) in [6.45, 7) is 6.30. The van der Waals surface area contributed by atoms with E-state index in [0.29, 0.717) is 28.3 Å². The van der Waals surface area contributed by atoms with Crippen LogP contribution < -0.4 is 5.32 Å². The van der Waals surface area contributed by atoms with E-state index in [2.05, 4.69) is 5.32 Å². The molecular weight excluding hydrogens is 310 g/mol. The number of ketones is 1. The third-order valence-electron chi connectivity index (χ3n) is 3.45. The van der Waals surface area contributed by atoms with Crippen molar-refractivity contribution in [3.8, 4) is 0 Å². The van der Waals surface area contributed by atoms with Crippen molar-refractivity contribution in [1.82, 2.24) is 0 Å². The number of carbonyl (C=O) groups excluding carboxylic acids is 3. The van der Waals surface area contributed by atoms with Crippen LogP contribution in [0.15, 0.2) is 34.7 Å². The predicted octanol–water partition coefficient (Wildman–Crippen LogP) is 3.28. The molecule has 0 aliphatic carbocycles. The van der Waals surface area contributed by atoms with Crippen LogP contribution in [-0.2, 0) is 9.53 Å². The molecule has 6 nitrogen and oxygen atoms in total. The lowest BCUT2D eigenvalue weighted by Gasteiger charge is -2.13. The first-order valence-electron chi connectivity index (χ1n) is 7.48. The highest BCUT2D eigenvalue weighted by Crippen LogP contribution is 2.16. The van der Waals surface area contributed by atoms with Gasteiger partial charge in [0.2, 0.25) is 0 Å². The molecule has 1 aromatic carbocycles. The van der Waals surface area contributed by atoms with Crippen LogP contribution >= 0.6 is 0 Å². The van der Waals surface area contributed by atoms with Crippen LogP contribution in [0, 0.1) is 13.8 Å². The molecular formula is C18H19NO5. The number of rotatable bonds is 5. The molecule has 0 unspecified atom stereocenters. The average molecular weight is 329 g/mol. The molecule has 0 bridgehead atoms. The number of hydrogen-bond acceptors (Lipinski definition) is 5. The number of hydrogen-bond donors (Lipinski definition) is 1. The van der Waals surface area contributed by atoms with E-state index in [0.717, 1.165) is 0 Å². The Morgan fingerprint density at radius 2 is 1.88 bits per heavy atom. The first kappa shape index (κ1) is 17.5. The number of furan rings is 1. The Labute approximate surface area is 139 Å². The summed E-state index contributed by atoms with van der Waals surface area (Å²) < 4.78 is 10.4. The van der Waals surface area contributed by atoms with Crippen molar-refractivity contribution in [1.29, 1.82) is 0 Å². The molecule has 0 saturated heterocycles. The van der Waals surface area contributed by atoms with Gasteiger partial charge in [-0.25, -0.2) is 4.79 Å². The minimum atomic E-state index is -0.993. The fourth-order valence-corrected chi connectivity index (χ4v) is 2.17. The second-order valence-corrected chi connectivity index (χ2v) is 5.50. The quantitative estimate of drug-likeness (QED) is 0.672. The standard InChI is InChI=1S/C18H19NO5/c1-10-8-16(12(3)23-10)18(22)24-13(4)17(21)19-15-7-5-6-14(9-15)11(2)20/h5-9,13H,1-4H3,(H,19,21)/t13-/m0/s1. The molecule has 0 saturated carbocycles. The third kappa shape index (κ3) is 4.10. The van der Waals surface area contributed by atoms with Crippen molar-refractivity contribution in [3.63, 3.8) is 0 Å². The number of Topliss-reactive ketones (excluding diaryl/α,β-unsaturated/α-hetero) is 1. The molecule has 2 aromatic rings. The lowest BCUT2D eigenvalue weighted by molar-refractivity contribution is -0.123. The van der Waals surface area contributed by atoms with Gasteiger partial charge in [-0.05, 0) is 45.9 Å². The smallest absolute Gasteiger partial charge is 0.342 e. The minimum Gasteiger partial charge on any atom is -0.466 e. The summed E-state index contributed by atoms with van der Waals surface area (Å²) in [6.07, 6.45) is -0.993. The number of nitrogens with one attached hydrogen (secondary N) is 1. The van der Waals surface area contributed by atoms with Crippen molar-refractivity contribution in [2.45, 2.75) is 33.8 Å². The highest BCUT2D eigenvalue weighted by atomic mass is 16.5. The van der Waals surface area contributed by atoms with Gasteiger partial charge in [0, 0.05) is 11.3 Å². The number of benzene rings is 1. The monoisotopic (exact) mass is 329 g/mol. The molecule has 1 N–H and O–H groups in total. The molecule has 126 valence electrons. The number of aryl methyl sites for hydroxylation is 2. The second kappa shape index (κ2) is 7.12. The molecule has 24 heavy (non-hydrogen) atoms. The second-order valence-electron chi connectivity index (χ2n) is 5.50. The number of amides is 1. The van der Waals surface area contributed by atoms with E-state index in [4.69, 9.17) is 9.15 Å². The Hall–Kier alpha value is -2.89. The summed E-state index contributed by atoms with van der Waals surface area (Å²) >= 11 is 0. The summed E-state index contributed by atoms with van der Waals surface area (Å²) in [7, 11) is 0. The topological polar surface area (TPSA) is 85.6 Å². The summed E-state index contributed by atoms with van der Waals surface area (Å²) in [6, 6.07) is 8.12. The van der Waals surface area contributed by atoms with E-state index >= 15 is 0 Å². The fourth-order valence-electron chi connectivity index (χ4n) is 2.17. The van der Waals surface area contributed by atoms with E-state index in [-0.39, 0.29) is 5.78 Å². The average Bonchev–Trinajstić information content (AvgIpc) is 2.86. The number of esters is 1. The van der Waals surface area contributed by atoms with Gasteiger partial charge in [0.15, 0.2) is 11.9 Å². The van der Waals surface area contributed by atoms with E-state index in [9.17, 15) is 14.4 Å². The Morgan fingerprint density at radius 3 is 2.46 bits per heavy atom. The number of carbonyl (C=O) groups is 3. The Morgan fingerprint density at radius 1 is 1.17 bits per heavy atom. The zero-order valence-corrected chi connectivity index (χ0v) is 14.0. The summed E-state index contributed by atoms with van der Waals surface area (Å²) in [5.74, 6) is -0.167. The van der Waals surface area contributed by atoms with E-state index < -0.39 is 18.0 Å². The third-order valence-corrected chi connectivity index (χ3v) is 3.45. The van der Waals surface area contributed by atoms with E-state index in [1.165, 1.54) is 13.8 Å². The summed E-state index contributed by atoms with van der Waals surface area (Å²) in [5, 5.41) is 2.62. The van der Waals surface area contributed by atoms with Crippen molar-refractivity contribution < 1.29 is 23.5 Å². The molecule has 1 atom stereocenters. The predicted molar refractivity (Wildman–Crippen MR) is 88.1 cm³/mol. The molecule has 1 amide bonds. The van der Waals surface area contributed by atoms with Crippen LogP contribution in [-0.4, -0.2) is 23.8 Å². The summed E-state index contributed by atoms with van der Waals surface area (Å²) in [4.78, 5) is 35.6. The van der Waals surface area contributed by atoms with Gasteiger partial charge in [0.25, 0.3) is 5.91 Å². The van der Waals surface area contributed by atoms with Crippen molar-refractivity contribution >= 4 is 23.3 Å². The van der Waals surface area contributed by atoms with Gasteiger partial charge in [-0.2, -0.15) is 0 Å². The maximum absolute atomic E-state index is 12.2. The zero-order valence-electron chi connectivity index (χ0n) is 14.0. The molecule has 6 heteroatoms. The number of ether oxygens (including phenoxy) is 1. The van der Waals surface area contributed by atoms with Gasteiger partial charge in [0.1, 0.15) is 17.1 Å². The zero-order chi connectivity index (χ0) is 17.9. The van der Waals surface area contributed by atoms with Gasteiger partial charge in [-0.1, -0.05) is 12.1 Å². The van der Waals surface area contributed by atoms with Crippen LogP contribution in [0.5, 0.6) is 0 Å². The van der Waals surface area contributed by atoms with Crippen molar-refractivity contribution in [2.75, 3.05) is 5.32 Å². The molecule has 1 aromatic heterocycles. The molecule has 0 aliphatic heterocycles. The Bertz CT molecular complexity index is 790. The van der Waals surface area contributed by atoms with Crippen molar-refractivity contribution in [3.05, 3.63) is 53.0 Å². The SMILES string of the molecule is CC(=O)c1cccc(NC(=O)[C@H](C)OC(=O)c2cc(C)oc2C)c1. The lowest BCUT2D eigenvalue weighted by Crippen LogP contribution is -2.30. The van der Waals surface area contributed by atoms with E-state index in [1.54, 1.807) is 44.2 Å². The van der Waals surface area contributed by atoms with E-state index in [1.807, 2.05) is 0 Å².